The Bertz CT molecular complexity index is 409. The molecule has 1 rings (SSSR count). The van der Waals surface area contributed by atoms with Crippen molar-refractivity contribution in [2.45, 2.75) is 33.1 Å². The first-order valence-corrected chi connectivity index (χ1v) is 7.02. The van der Waals surface area contributed by atoms with E-state index in [2.05, 4.69) is 24.1 Å². The number of carbonyl (C=O) groups is 1. The van der Waals surface area contributed by atoms with Gasteiger partial charge >= 0.3 is 0 Å². The fourth-order valence-electron chi connectivity index (χ4n) is 2.03. The molecular weight excluding hydrogens is 262 g/mol. The second kappa shape index (κ2) is 8.12. The molecule has 1 unspecified atom stereocenters. The predicted octanol–water partition coefficient (Wildman–Crippen LogP) is 3.07. The molecule has 0 aromatic carbocycles. The van der Waals surface area contributed by atoms with Crippen LogP contribution in [0.1, 0.15) is 33.1 Å². The Labute approximate surface area is 119 Å². The summed E-state index contributed by atoms with van der Waals surface area (Å²) in [7, 11) is 0. The summed E-state index contributed by atoms with van der Waals surface area (Å²) in [6.07, 6.45) is 3.87. The van der Waals surface area contributed by atoms with Crippen LogP contribution in [0.3, 0.4) is 0 Å². The first kappa shape index (κ1) is 15.9. The maximum Gasteiger partial charge on any atom is 0.224 e. The van der Waals surface area contributed by atoms with Crippen molar-refractivity contribution < 1.29 is 4.79 Å². The number of halogens is 1. The van der Waals surface area contributed by atoms with Crippen LogP contribution in [-0.2, 0) is 4.79 Å². The summed E-state index contributed by atoms with van der Waals surface area (Å²) in [5.74, 6) is 0.996. The second-order valence-corrected chi connectivity index (χ2v) is 5.37. The van der Waals surface area contributed by atoms with Crippen LogP contribution >= 0.6 is 11.6 Å². The third-order valence-electron chi connectivity index (χ3n) is 3.26. The minimum absolute atomic E-state index is 0.0300. The van der Waals surface area contributed by atoms with E-state index in [9.17, 15) is 4.79 Å². The van der Waals surface area contributed by atoms with Crippen molar-refractivity contribution >= 4 is 23.2 Å². The van der Waals surface area contributed by atoms with Crippen molar-refractivity contribution in [1.29, 1.82) is 0 Å². The van der Waals surface area contributed by atoms with Crippen molar-refractivity contribution in [3.63, 3.8) is 0 Å². The minimum atomic E-state index is -0.0300. The third-order valence-corrected chi connectivity index (χ3v) is 3.56. The molecule has 19 heavy (non-hydrogen) atoms. The van der Waals surface area contributed by atoms with Crippen LogP contribution in [0.15, 0.2) is 18.3 Å². The molecule has 1 heterocycles. The molecule has 0 saturated carbocycles. The van der Waals surface area contributed by atoms with Crippen LogP contribution in [0.4, 0.5) is 5.69 Å². The average molecular weight is 284 g/mol. The van der Waals surface area contributed by atoms with Crippen molar-refractivity contribution in [3.8, 4) is 0 Å². The molecule has 1 atom stereocenters. The van der Waals surface area contributed by atoms with Gasteiger partial charge in [-0.25, -0.2) is 4.98 Å². The summed E-state index contributed by atoms with van der Waals surface area (Å²) in [5, 5.41) is 3.10. The van der Waals surface area contributed by atoms with Gasteiger partial charge in [0.05, 0.1) is 5.69 Å². The first-order chi connectivity index (χ1) is 9.04. The lowest BCUT2D eigenvalue weighted by Gasteiger charge is -2.19. The van der Waals surface area contributed by atoms with Gasteiger partial charge in [0.1, 0.15) is 0 Å². The molecule has 106 valence electrons. The average Bonchev–Trinajstić information content (AvgIpc) is 2.37. The van der Waals surface area contributed by atoms with Gasteiger partial charge in [0.25, 0.3) is 0 Å². The molecule has 4 nitrogen and oxygen atoms in total. The molecule has 1 amide bonds. The number of rotatable bonds is 7. The highest BCUT2D eigenvalue weighted by molar-refractivity contribution is 6.32. The van der Waals surface area contributed by atoms with Gasteiger partial charge in [-0.05, 0) is 43.4 Å². The molecule has 0 saturated heterocycles. The van der Waals surface area contributed by atoms with E-state index in [1.54, 1.807) is 18.3 Å². The number of carbonyl (C=O) groups excluding carboxylic acids is 1. The zero-order valence-electron chi connectivity index (χ0n) is 11.5. The number of pyridine rings is 1. The Hall–Kier alpha value is -1.13. The number of hydrogen-bond acceptors (Lipinski definition) is 3. The van der Waals surface area contributed by atoms with Crippen molar-refractivity contribution in [2.24, 2.45) is 17.6 Å². The number of amides is 1. The molecule has 0 aliphatic rings. The van der Waals surface area contributed by atoms with E-state index >= 15 is 0 Å². The Kier molecular flexibility index (Phi) is 6.81. The summed E-state index contributed by atoms with van der Waals surface area (Å²) < 4.78 is 0. The molecule has 0 spiro atoms. The molecule has 0 radical (unpaired) electrons. The largest absolute Gasteiger partial charge is 0.330 e. The van der Waals surface area contributed by atoms with Gasteiger partial charge in [0, 0.05) is 12.6 Å². The van der Waals surface area contributed by atoms with E-state index < -0.39 is 0 Å². The molecule has 5 heteroatoms. The van der Waals surface area contributed by atoms with Crippen LogP contribution in [-0.4, -0.2) is 17.4 Å². The van der Waals surface area contributed by atoms with E-state index in [1.807, 2.05) is 0 Å². The topological polar surface area (TPSA) is 68.0 Å². The van der Waals surface area contributed by atoms with Gasteiger partial charge in [-0.15, -0.1) is 0 Å². The highest BCUT2D eigenvalue weighted by Gasteiger charge is 2.15. The highest BCUT2D eigenvalue weighted by Crippen LogP contribution is 2.22. The van der Waals surface area contributed by atoms with Gasteiger partial charge in [0.15, 0.2) is 5.15 Å². The van der Waals surface area contributed by atoms with Gasteiger partial charge in [-0.1, -0.05) is 25.4 Å². The van der Waals surface area contributed by atoms with Gasteiger partial charge in [0.2, 0.25) is 5.91 Å². The zero-order valence-corrected chi connectivity index (χ0v) is 12.3. The fourth-order valence-corrected chi connectivity index (χ4v) is 2.20. The Morgan fingerprint density at radius 2 is 2.21 bits per heavy atom. The second-order valence-electron chi connectivity index (χ2n) is 5.01. The summed E-state index contributed by atoms with van der Waals surface area (Å²) in [5.41, 5.74) is 6.15. The smallest absolute Gasteiger partial charge is 0.224 e. The lowest BCUT2D eigenvalue weighted by Crippen LogP contribution is -2.18. The van der Waals surface area contributed by atoms with Gasteiger partial charge in [-0.2, -0.15) is 0 Å². The van der Waals surface area contributed by atoms with Crippen molar-refractivity contribution in [2.75, 3.05) is 11.9 Å². The number of aromatic nitrogens is 1. The van der Waals surface area contributed by atoms with Crippen molar-refractivity contribution in [3.05, 3.63) is 23.5 Å². The van der Waals surface area contributed by atoms with Gasteiger partial charge in [-0.3, -0.25) is 4.79 Å². The maximum absolute atomic E-state index is 11.9. The molecule has 0 aliphatic carbocycles. The standard InChI is InChI=1S/C14H22ClN3O/c1-10(2)11(7-8-16)5-6-13(19)18-12-4-3-9-17-14(12)15/h3-4,9-11H,5-8,16H2,1-2H3,(H,18,19). The Balaban J connectivity index is 2.45. The Morgan fingerprint density at radius 3 is 2.79 bits per heavy atom. The van der Waals surface area contributed by atoms with E-state index in [0.717, 1.165) is 12.8 Å². The van der Waals surface area contributed by atoms with E-state index in [1.165, 1.54) is 0 Å². The molecule has 1 aromatic rings. The number of nitrogens with one attached hydrogen (secondary N) is 1. The maximum atomic E-state index is 11.9. The first-order valence-electron chi connectivity index (χ1n) is 6.65. The predicted molar refractivity (Wildman–Crippen MR) is 79.1 cm³/mol. The molecule has 0 bridgehead atoms. The normalized spacial score (nSPS) is 12.5. The molecular formula is C14H22ClN3O. The Morgan fingerprint density at radius 1 is 1.47 bits per heavy atom. The van der Waals surface area contributed by atoms with Crippen LogP contribution < -0.4 is 11.1 Å². The lowest BCUT2D eigenvalue weighted by atomic mass is 9.88. The number of anilines is 1. The summed E-state index contributed by atoms with van der Waals surface area (Å²) in [4.78, 5) is 15.8. The SMILES string of the molecule is CC(C)C(CCN)CCC(=O)Nc1cccnc1Cl. The number of nitrogens with zero attached hydrogens (tertiary/aromatic N) is 1. The lowest BCUT2D eigenvalue weighted by molar-refractivity contribution is -0.116. The number of hydrogen-bond donors (Lipinski definition) is 2. The zero-order chi connectivity index (χ0) is 14.3. The third kappa shape index (κ3) is 5.57. The summed E-state index contributed by atoms with van der Waals surface area (Å²) >= 11 is 5.89. The van der Waals surface area contributed by atoms with E-state index in [0.29, 0.717) is 35.6 Å². The number of nitrogens with two attached hydrogens (primary N) is 1. The van der Waals surface area contributed by atoms with Crippen LogP contribution in [0, 0.1) is 11.8 Å². The molecule has 3 N–H and O–H groups in total. The molecule has 1 aromatic heterocycles. The quantitative estimate of drug-likeness (QED) is 0.756. The highest BCUT2D eigenvalue weighted by atomic mass is 35.5. The summed E-state index contributed by atoms with van der Waals surface area (Å²) in [6, 6.07) is 3.49. The molecule has 0 fully saturated rings. The van der Waals surface area contributed by atoms with Crippen LogP contribution in [0.5, 0.6) is 0 Å². The van der Waals surface area contributed by atoms with Crippen LogP contribution in [0.25, 0.3) is 0 Å². The van der Waals surface area contributed by atoms with Gasteiger partial charge < -0.3 is 11.1 Å². The van der Waals surface area contributed by atoms with E-state index in [4.69, 9.17) is 17.3 Å². The summed E-state index contributed by atoms with van der Waals surface area (Å²) in [6.45, 7) is 4.99. The van der Waals surface area contributed by atoms with Crippen LogP contribution in [0.2, 0.25) is 5.15 Å². The monoisotopic (exact) mass is 283 g/mol. The fraction of sp³-hybridized carbons (Fsp3) is 0.571. The van der Waals surface area contributed by atoms with E-state index in [-0.39, 0.29) is 5.91 Å². The minimum Gasteiger partial charge on any atom is -0.330 e. The molecule has 0 aliphatic heterocycles. The van der Waals surface area contributed by atoms with Crippen molar-refractivity contribution in [1.82, 2.24) is 4.98 Å².